The van der Waals surface area contributed by atoms with Crippen molar-refractivity contribution in [1.29, 1.82) is 0 Å². The van der Waals surface area contributed by atoms with Gasteiger partial charge in [-0.3, -0.25) is 4.98 Å². The third-order valence-electron chi connectivity index (χ3n) is 7.15. The average molecular weight is 496 g/mol. The van der Waals surface area contributed by atoms with E-state index in [0.29, 0.717) is 31.2 Å². The first-order valence-corrected chi connectivity index (χ1v) is 12.7. The van der Waals surface area contributed by atoms with Crippen LogP contribution in [-0.4, -0.2) is 64.7 Å². The van der Waals surface area contributed by atoms with Crippen molar-refractivity contribution in [3.8, 4) is 11.3 Å². The number of hydrogen-bond donors (Lipinski definition) is 3. The van der Waals surface area contributed by atoms with Gasteiger partial charge in [0.15, 0.2) is 5.82 Å². The van der Waals surface area contributed by atoms with Gasteiger partial charge in [-0.25, -0.2) is 14.4 Å². The average Bonchev–Trinajstić information content (AvgIpc) is 3.39. The van der Waals surface area contributed by atoms with Crippen LogP contribution in [0.5, 0.6) is 0 Å². The molecule has 5 rings (SSSR count). The molecule has 0 bridgehead atoms. The third kappa shape index (κ3) is 5.06. The molecule has 3 atom stereocenters. The van der Waals surface area contributed by atoms with E-state index >= 15 is 4.39 Å². The summed E-state index contributed by atoms with van der Waals surface area (Å²) in [5, 5.41) is 18.0. The first-order chi connectivity index (χ1) is 17.4. The van der Waals surface area contributed by atoms with E-state index in [9.17, 15) is 5.11 Å². The lowest BCUT2D eigenvalue weighted by Gasteiger charge is -2.28. The lowest BCUT2D eigenvalue weighted by molar-refractivity contribution is -0.0136. The number of pyridine rings is 1. The van der Waals surface area contributed by atoms with Crippen LogP contribution in [0.25, 0.3) is 22.2 Å². The number of hydrogen-bond acceptors (Lipinski definition) is 8. The Kier molecular flexibility index (Phi) is 7.43. The zero-order chi connectivity index (χ0) is 25.2. The number of aryl methyl sites for hydroxylation is 1. The number of halogens is 1. The summed E-state index contributed by atoms with van der Waals surface area (Å²) in [7, 11) is 0. The summed E-state index contributed by atoms with van der Waals surface area (Å²) in [6.07, 6.45) is 4.10. The van der Waals surface area contributed by atoms with E-state index in [1.165, 1.54) is 11.8 Å². The van der Waals surface area contributed by atoms with Crippen LogP contribution >= 0.6 is 0 Å². The minimum atomic E-state index is -0.666. The topological polar surface area (TPSA) is 101 Å². The second kappa shape index (κ2) is 10.7. The second-order valence-corrected chi connectivity index (χ2v) is 10.00. The molecule has 36 heavy (non-hydrogen) atoms. The molecule has 2 fully saturated rings. The van der Waals surface area contributed by atoms with Crippen molar-refractivity contribution in [2.75, 3.05) is 31.7 Å². The molecule has 4 heterocycles. The number of fused-ring (bicyclic) bond motifs is 1. The van der Waals surface area contributed by atoms with E-state index in [4.69, 9.17) is 14.5 Å². The smallest absolute Gasteiger partial charge is 0.223 e. The summed E-state index contributed by atoms with van der Waals surface area (Å²) in [6.45, 7) is 9.39. The van der Waals surface area contributed by atoms with Gasteiger partial charge in [0, 0.05) is 42.9 Å². The predicted octanol–water partition coefficient (Wildman–Crippen LogP) is 3.70. The summed E-state index contributed by atoms with van der Waals surface area (Å²) >= 11 is 0. The lowest BCUT2D eigenvalue weighted by atomic mass is 9.89. The second-order valence-electron chi connectivity index (χ2n) is 10.00. The fraction of sp³-hybridized carbons (Fsp3) is 0.519. The van der Waals surface area contributed by atoms with Crippen molar-refractivity contribution >= 4 is 16.9 Å². The fourth-order valence-electron chi connectivity index (χ4n) is 5.21. The largest absolute Gasteiger partial charge is 0.389 e. The maximum atomic E-state index is 15.1. The van der Waals surface area contributed by atoms with Gasteiger partial charge in [0.05, 0.1) is 37.1 Å². The SMILES string of the molecule is Cc1c(-c2nc(N[C@@H]3CCOC[C@H]3O)ncc2F)ccc2ncc(CN[C@H]3CCOC3)c(C(C)C)c12. The van der Waals surface area contributed by atoms with Crippen LogP contribution in [0.2, 0.25) is 0 Å². The molecule has 2 aliphatic heterocycles. The highest BCUT2D eigenvalue weighted by atomic mass is 19.1. The summed E-state index contributed by atoms with van der Waals surface area (Å²) < 4.78 is 25.9. The molecule has 0 amide bonds. The summed E-state index contributed by atoms with van der Waals surface area (Å²) in [5.74, 6) is 0.0491. The first kappa shape index (κ1) is 25.0. The van der Waals surface area contributed by atoms with Crippen LogP contribution in [0.15, 0.2) is 24.5 Å². The molecule has 192 valence electrons. The molecule has 9 heteroatoms. The van der Waals surface area contributed by atoms with Crippen LogP contribution < -0.4 is 10.6 Å². The Morgan fingerprint density at radius 3 is 2.67 bits per heavy atom. The van der Waals surface area contributed by atoms with Gasteiger partial charge in [-0.1, -0.05) is 19.9 Å². The zero-order valence-corrected chi connectivity index (χ0v) is 21.1. The number of rotatable bonds is 7. The minimum absolute atomic E-state index is 0.231. The van der Waals surface area contributed by atoms with Crippen LogP contribution in [0.1, 0.15) is 49.3 Å². The molecule has 0 saturated carbocycles. The number of ether oxygens (including phenoxy) is 2. The van der Waals surface area contributed by atoms with Crippen LogP contribution in [0.3, 0.4) is 0 Å². The highest BCUT2D eigenvalue weighted by Crippen LogP contribution is 2.36. The van der Waals surface area contributed by atoms with Gasteiger partial charge >= 0.3 is 0 Å². The summed E-state index contributed by atoms with van der Waals surface area (Å²) in [6, 6.07) is 3.92. The van der Waals surface area contributed by atoms with Gasteiger partial charge in [0.2, 0.25) is 5.95 Å². The Hall–Kier alpha value is -2.72. The predicted molar refractivity (Wildman–Crippen MR) is 136 cm³/mol. The normalized spacial score (nSPS) is 22.4. The van der Waals surface area contributed by atoms with E-state index in [1.54, 1.807) is 0 Å². The number of nitrogens with zero attached hydrogens (tertiary/aromatic N) is 3. The molecule has 0 unspecified atom stereocenters. The Bertz CT molecular complexity index is 1230. The van der Waals surface area contributed by atoms with Gasteiger partial charge < -0.3 is 25.2 Å². The Morgan fingerprint density at radius 2 is 1.92 bits per heavy atom. The fourth-order valence-corrected chi connectivity index (χ4v) is 5.21. The summed E-state index contributed by atoms with van der Waals surface area (Å²) in [4.78, 5) is 13.4. The molecule has 3 aromatic rings. The lowest BCUT2D eigenvalue weighted by Crippen LogP contribution is -2.42. The van der Waals surface area contributed by atoms with Gasteiger partial charge in [-0.05, 0) is 48.4 Å². The third-order valence-corrected chi connectivity index (χ3v) is 7.15. The number of nitrogens with one attached hydrogen (secondary N) is 2. The highest BCUT2D eigenvalue weighted by molar-refractivity contribution is 5.92. The van der Waals surface area contributed by atoms with Crippen molar-refractivity contribution in [3.63, 3.8) is 0 Å². The minimum Gasteiger partial charge on any atom is -0.389 e. The van der Waals surface area contributed by atoms with Crippen molar-refractivity contribution in [2.45, 2.75) is 64.3 Å². The van der Waals surface area contributed by atoms with Gasteiger partial charge in [-0.2, -0.15) is 0 Å². The molecular weight excluding hydrogens is 461 g/mol. The van der Waals surface area contributed by atoms with Crippen LogP contribution in [-0.2, 0) is 16.0 Å². The van der Waals surface area contributed by atoms with E-state index in [2.05, 4.69) is 34.4 Å². The number of aromatic nitrogens is 3. The monoisotopic (exact) mass is 495 g/mol. The van der Waals surface area contributed by atoms with E-state index < -0.39 is 11.9 Å². The molecule has 2 saturated heterocycles. The number of benzene rings is 1. The van der Waals surface area contributed by atoms with Crippen molar-refractivity contribution in [2.24, 2.45) is 0 Å². The molecule has 2 aromatic heterocycles. The Morgan fingerprint density at radius 1 is 1.11 bits per heavy atom. The van der Waals surface area contributed by atoms with Crippen molar-refractivity contribution in [1.82, 2.24) is 20.3 Å². The molecule has 3 N–H and O–H groups in total. The highest BCUT2D eigenvalue weighted by Gasteiger charge is 2.25. The Balaban J connectivity index is 1.52. The molecule has 0 radical (unpaired) electrons. The molecule has 2 aliphatic rings. The van der Waals surface area contributed by atoms with Gasteiger partial charge in [0.25, 0.3) is 0 Å². The van der Waals surface area contributed by atoms with Crippen molar-refractivity contribution in [3.05, 3.63) is 47.0 Å². The van der Waals surface area contributed by atoms with E-state index in [1.807, 2.05) is 25.3 Å². The molecule has 8 nitrogen and oxygen atoms in total. The van der Waals surface area contributed by atoms with Gasteiger partial charge in [-0.15, -0.1) is 0 Å². The Labute approximate surface area is 210 Å². The maximum Gasteiger partial charge on any atom is 0.223 e. The van der Waals surface area contributed by atoms with Crippen molar-refractivity contribution < 1.29 is 19.0 Å². The number of aliphatic hydroxyl groups is 1. The van der Waals surface area contributed by atoms with E-state index in [0.717, 1.165) is 41.7 Å². The van der Waals surface area contributed by atoms with Gasteiger partial charge in [0.1, 0.15) is 5.69 Å². The van der Waals surface area contributed by atoms with Crippen LogP contribution in [0, 0.1) is 12.7 Å². The number of aliphatic hydroxyl groups excluding tert-OH is 1. The summed E-state index contributed by atoms with van der Waals surface area (Å²) in [5.41, 5.74) is 5.11. The first-order valence-electron chi connectivity index (χ1n) is 12.7. The van der Waals surface area contributed by atoms with Crippen LogP contribution in [0.4, 0.5) is 10.3 Å². The molecule has 0 aliphatic carbocycles. The van der Waals surface area contributed by atoms with E-state index in [-0.39, 0.29) is 30.2 Å². The quantitative estimate of drug-likeness (QED) is 0.456. The zero-order valence-electron chi connectivity index (χ0n) is 21.1. The number of anilines is 1. The molecule has 1 aromatic carbocycles. The standard InChI is InChI=1S/C27H34FN5O3/c1-15(2)24-17(10-29-18-6-8-35-13-18)11-30-22-5-4-19(16(3)25(22)24)26-20(28)12-31-27(33-26)32-21-7-9-36-14-23(21)34/h4-5,11-12,15,18,21,23,29,34H,6-10,13-14H2,1-3H3,(H,31,32,33)/t18-,21+,23+/m0/s1. The molecular formula is C27H34FN5O3. The molecule has 0 spiro atoms. The maximum absolute atomic E-state index is 15.1.